The zero-order chi connectivity index (χ0) is 13.4. The Kier molecular flexibility index (Phi) is 2.79. The van der Waals surface area contributed by atoms with Gasteiger partial charge in [-0.2, -0.15) is 5.10 Å². The van der Waals surface area contributed by atoms with Crippen molar-refractivity contribution in [2.45, 2.75) is 13.8 Å². The molecule has 2 heterocycles. The van der Waals surface area contributed by atoms with Crippen molar-refractivity contribution in [3.63, 3.8) is 0 Å². The summed E-state index contributed by atoms with van der Waals surface area (Å²) in [6, 6.07) is 5.90. The van der Waals surface area contributed by atoms with E-state index in [1.807, 2.05) is 32.0 Å². The number of hydrogen-bond donors (Lipinski definition) is 1. The number of amides is 1. The number of benzene rings is 1. The van der Waals surface area contributed by atoms with Crippen LogP contribution in [0.2, 0.25) is 0 Å². The molecule has 0 atom stereocenters. The minimum Gasteiger partial charge on any atom is -0.320 e. The van der Waals surface area contributed by atoms with Gasteiger partial charge in [-0.25, -0.2) is 9.50 Å². The molecule has 3 aromatic rings. The first-order chi connectivity index (χ1) is 9.13. The molecule has 0 unspecified atom stereocenters. The second-order valence-corrected chi connectivity index (χ2v) is 5.18. The first-order valence-electron chi connectivity index (χ1n) is 5.81. The summed E-state index contributed by atoms with van der Waals surface area (Å²) in [6.45, 7) is 3.99. The van der Waals surface area contributed by atoms with Gasteiger partial charge < -0.3 is 5.32 Å². The Hall–Kier alpha value is -2.21. The minimum atomic E-state index is -0.218. The zero-order valence-electron chi connectivity index (χ0n) is 10.5. The van der Waals surface area contributed by atoms with Crippen LogP contribution in [0.5, 0.6) is 0 Å². The van der Waals surface area contributed by atoms with Crippen molar-refractivity contribution in [3.05, 3.63) is 46.7 Å². The largest absolute Gasteiger partial charge is 0.320 e. The van der Waals surface area contributed by atoms with E-state index in [0.717, 1.165) is 11.3 Å². The molecule has 6 heteroatoms. The molecular formula is C13H12N4OS. The van der Waals surface area contributed by atoms with Gasteiger partial charge >= 0.3 is 0 Å². The molecule has 0 saturated heterocycles. The van der Waals surface area contributed by atoms with Crippen LogP contribution in [0, 0.1) is 13.8 Å². The van der Waals surface area contributed by atoms with Gasteiger partial charge in [-0.1, -0.05) is 29.0 Å². The third kappa shape index (κ3) is 2.22. The summed E-state index contributed by atoms with van der Waals surface area (Å²) in [4.78, 5) is 17.0. The molecule has 96 valence electrons. The molecular weight excluding hydrogens is 260 g/mol. The van der Waals surface area contributed by atoms with E-state index < -0.39 is 0 Å². The SMILES string of the molecule is Cc1ccc(NC(=O)c2cn3ncsc3n2)c(C)c1. The van der Waals surface area contributed by atoms with Crippen LogP contribution in [0.4, 0.5) is 5.69 Å². The molecule has 0 bridgehead atoms. The number of carbonyl (C=O) groups excluding carboxylic acids is 1. The lowest BCUT2D eigenvalue weighted by Gasteiger charge is -2.07. The second-order valence-electron chi connectivity index (χ2n) is 4.36. The topological polar surface area (TPSA) is 59.3 Å². The Bertz CT molecular complexity index is 730. The number of aromatic nitrogens is 3. The van der Waals surface area contributed by atoms with E-state index in [1.165, 1.54) is 16.9 Å². The van der Waals surface area contributed by atoms with Crippen molar-refractivity contribution in [2.24, 2.45) is 0 Å². The summed E-state index contributed by atoms with van der Waals surface area (Å²) >= 11 is 1.40. The normalized spacial score (nSPS) is 10.8. The molecule has 3 rings (SSSR count). The van der Waals surface area contributed by atoms with Crippen LogP contribution in [0.3, 0.4) is 0 Å². The van der Waals surface area contributed by atoms with Gasteiger partial charge in [-0.15, -0.1) is 0 Å². The fourth-order valence-electron chi connectivity index (χ4n) is 1.89. The van der Waals surface area contributed by atoms with Gasteiger partial charge in [0, 0.05) is 5.69 Å². The van der Waals surface area contributed by atoms with E-state index in [2.05, 4.69) is 15.4 Å². The fourth-order valence-corrected chi connectivity index (χ4v) is 2.49. The highest BCUT2D eigenvalue weighted by molar-refractivity contribution is 7.14. The summed E-state index contributed by atoms with van der Waals surface area (Å²) in [6.07, 6.45) is 1.63. The molecule has 1 N–H and O–H groups in total. The highest BCUT2D eigenvalue weighted by Gasteiger charge is 2.13. The summed E-state index contributed by atoms with van der Waals surface area (Å²) in [5, 5.41) is 6.92. The van der Waals surface area contributed by atoms with Crippen molar-refractivity contribution in [1.82, 2.24) is 14.6 Å². The number of aryl methyl sites for hydroxylation is 2. The second kappa shape index (κ2) is 4.47. The lowest BCUT2D eigenvalue weighted by Crippen LogP contribution is -2.13. The maximum absolute atomic E-state index is 12.1. The fraction of sp³-hybridized carbons (Fsp3) is 0.154. The Morgan fingerprint density at radius 1 is 1.37 bits per heavy atom. The molecule has 0 spiro atoms. The number of imidazole rings is 1. The predicted molar refractivity (Wildman–Crippen MR) is 74.7 cm³/mol. The Labute approximate surface area is 113 Å². The van der Waals surface area contributed by atoms with Crippen LogP contribution < -0.4 is 5.32 Å². The molecule has 0 saturated carbocycles. The van der Waals surface area contributed by atoms with Crippen molar-refractivity contribution < 1.29 is 4.79 Å². The molecule has 1 aromatic carbocycles. The highest BCUT2D eigenvalue weighted by Crippen LogP contribution is 2.17. The van der Waals surface area contributed by atoms with E-state index in [4.69, 9.17) is 0 Å². The van der Waals surface area contributed by atoms with Crippen LogP contribution in [0.25, 0.3) is 4.96 Å². The minimum absolute atomic E-state index is 0.218. The van der Waals surface area contributed by atoms with Crippen molar-refractivity contribution in [1.29, 1.82) is 0 Å². The Morgan fingerprint density at radius 2 is 2.21 bits per heavy atom. The maximum Gasteiger partial charge on any atom is 0.275 e. The van der Waals surface area contributed by atoms with Crippen LogP contribution in [0.1, 0.15) is 21.6 Å². The Morgan fingerprint density at radius 3 is 2.95 bits per heavy atom. The smallest absolute Gasteiger partial charge is 0.275 e. The number of hydrogen-bond acceptors (Lipinski definition) is 4. The molecule has 5 nitrogen and oxygen atoms in total. The van der Waals surface area contributed by atoms with Gasteiger partial charge in [0.15, 0.2) is 0 Å². The quantitative estimate of drug-likeness (QED) is 0.780. The molecule has 1 amide bonds. The Balaban J connectivity index is 1.86. The average Bonchev–Trinajstić information content (AvgIpc) is 2.93. The van der Waals surface area contributed by atoms with Crippen molar-refractivity contribution in [3.8, 4) is 0 Å². The number of nitrogens with one attached hydrogen (secondary N) is 1. The summed E-state index contributed by atoms with van der Waals surface area (Å²) in [5.74, 6) is -0.218. The predicted octanol–water partition coefficient (Wildman–Crippen LogP) is 2.66. The van der Waals surface area contributed by atoms with Crippen molar-refractivity contribution >= 4 is 27.9 Å². The highest BCUT2D eigenvalue weighted by atomic mass is 32.1. The first-order valence-corrected chi connectivity index (χ1v) is 6.69. The molecule has 0 aliphatic heterocycles. The van der Waals surface area contributed by atoms with Gasteiger partial charge in [0.25, 0.3) is 5.91 Å². The lowest BCUT2D eigenvalue weighted by atomic mass is 10.1. The molecule has 0 fully saturated rings. The third-order valence-corrected chi connectivity index (χ3v) is 3.54. The molecule has 0 aliphatic rings. The van der Waals surface area contributed by atoms with Gasteiger partial charge in [-0.05, 0) is 25.5 Å². The van der Waals surface area contributed by atoms with Gasteiger partial charge in [0.1, 0.15) is 11.2 Å². The molecule has 0 aliphatic carbocycles. The number of anilines is 1. The number of nitrogens with zero attached hydrogens (tertiary/aromatic N) is 3. The summed E-state index contributed by atoms with van der Waals surface area (Å²) in [5.41, 5.74) is 5.07. The van der Waals surface area contributed by atoms with E-state index in [-0.39, 0.29) is 5.91 Å². The van der Waals surface area contributed by atoms with Crippen molar-refractivity contribution in [2.75, 3.05) is 5.32 Å². The average molecular weight is 272 g/mol. The van der Waals surface area contributed by atoms with Gasteiger partial charge in [0.05, 0.1) is 6.20 Å². The summed E-state index contributed by atoms with van der Waals surface area (Å²) < 4.78 is 1.60. The van der Waals surface area contributed by atoms with Crippen LogP contribution >= 0.6 is 11.3 Å². The standard InChI is InChI=1S/C13H12N4OS/c1-8-3-4-10(9(2)5-8)15-12(18)11-6-17-13(16-11)19-7-14-17/h3-7H,1-2H3,(H,15,18). The van der Waals surface area contributed by atoms with Crippen LogP contribution in [0.15, 0.2) is 29.9 Å². The van der Waals surface area contributed by atoms with Crippen LogP contribution in [-0.2, 0) is 0 Å². The van der Waals surface area contributed by atoms with E-state index in [0.29, 0.717) is 10.7 Å². The summed E-state index contributed by atoms with van der Waals surface area (Å²) in [7, 11) is 0. The maximum atomic E-state index is 12.1. The monoisotopic (exact) mass is 272 g/mol. The molecule has 19 heavy (non-hydrogen) atoms. The van der Waals surface area contributed by atoms with Crippen LogP contribution in [-0.4, -0.2) is 20.5 Å². The van der Waals surface area contributed by atoms with E-state index >= 15 is 0 Å². The lowest BCUT2D eigenvalue weighted by molar-refractivity contribution is 0.102. The van der Waals surface area contributed by atoms with Gasteiger partial charge in [0.2, 0.25) is 4.96 Å². The number of rotatable bonds is 2. The molecule has 2 aromatic heterocycles. The first kappa shape index (κ1) is 11.9. The number of fused-ring (bicyclic) bond motifs is 1. The number of carbonyl (C=O) groups is 1. The van der Waals surface area contributed by atoms with Gasteiger partial charge in [-0.3, -0.25) is 4.79 Å². The molecule has 0 radical (unpaired) electrons. The zero-order valence-corrected chi connectivity index (χ0v) is 11.4. The van der Waals surface area contributed by atoms with E-state index in [9.17, 15) is 4.79 Å². The van der Waals surface area contributed by atoms with E-state index in [1.54, 1.807) is 16.2 Å². The third-order valence-electron chi connectivity index (χ3n) is 2.85.